The summed E-state index contributed by atoms with van der Waals surface area (Å²) in [6.45, 7) is 4.27. The smallest absolute Gasteiger partial charge is 0.261 e. The van der Waals surface area contributed by atoms with E-state index in [4.69, 9.17) is 26.7 Å². The molecule has 11 heteroatoms. The van der Waals surface area contributed by atoms with Crippen molar-refractivity contribution in [3.63, 3.8) is 0 Å². The van der Waals surface area contributed by atoms with Gasteiger partial charge in [-0.15, -0.1) is 10.2 Å². The molecule has 5 aromatic heterocycles. The number of allylic oxidation sites excluding steroid dienone is 1. The molecule has 0 fully saturated rings. The highest BCUT2D eigenvalue weighted by molar-refractivity contribution is 6.28. The molecule has 11 aromatic rings. The number of H-pyrrole nitrogens is 1. The quantitative estimate of drug-likeness (QED) is 0.182. The van der Waals surface area contributed by atoms with Crippen LogP contribution < -0.4 is 5.62 Å². The number of fused-ring (bicyclic) bond motifs is 9. The van der Waals surface area contributed by atoms with Gasteiger partial charge in [0.15, 0.2) is 5.82 Å². The average Bonchev–Trinajstić information content (AvgIpc) is 4.03. The zero-order valence-corrected chi connectivity index (χ0v) is 31.7. The van der Waals surface area contributed by atoms with E-state index in [0.29, 0.717) is 23.0 Å². The molecular formula is C46H33ClN10. The van der Waals surface area contributed by atoms with Crippen molar-refractivity contribution in [3.05, 3.63) is 168 Å². The van der Waals surface area contributed by atoms with Gasteiger partial charge in [0.1, 0.15) is 0 Å². The molecule has 0 atom stereocenters. The number of para-hydroxylation sites is 4. The van der Waals surface area contributed by atoms with Gasteiger partial charge in [0.25, 0.3) is 5.78 Å². The molecule has 0 aliphatic carbocycles. The third-order valence-corrected chi connectivity index (χ3v) is 11.0. The van der Waals surface area contributed by atoms with Crippen LogP contribution in [-0.2, 0) is 0 Å². The molecule has 274 valence electrons. The van der Waals surface area contributed by atoms with Crippen molar-refractivity contribution in [1.82, 2.24) is 43.3 Å². The van der Waals surface area contributed by atoms with Gasteiger partial charge in [0.05, 0.1) is 27.8 Å². The second kappa shape index (κ2) is 12.9. The number of aromatic nitrogens is 9. The first-order chi connectivity index (χ1) is 28.1. The van der Waals surface area contributed by atoms with E-state index in [2.05, 4.69) is 172 Å². The number of aromatic amines is 1. The number of hydrogen-bond acceptors (Lipinski definition) is 5. The van der Waals surface area contributed by atoms with E-state index in [1.807, 2.05) is 12.1 Å². The standard InChI is InChI=1S/C46H33ClN10/c1-3-28(2)41(33-22-14-26-37-39(33)31-20-10-12-24-35(31)54(37)29-16-6-4-7-17-29)48-44-51-45-49-42(52-56(45)46-50-43(47)53-57(44)46)34-23-15-27-38-40(34)32-21-11-13-25-36(32)55(38)30-18-8-5-9-19-30/h4-27H,3H2,1-2H3,(H,48,49,51,52)/b41-28+. The van der Waals surface area contributed by atoms with Crippen LogP contribution in [0, 0.1) is 0 Å². The fourth-order valence-corrected chi connectivity index (χ4v) is 8.38. The van der Waals surface area contributed by atoms with Gasteiger partial charge < -0.3 is 9.13 Å². The molecular weight excluding hydrogens is 728 g/mol. The number of nitrogens with one attached hydrogen (secondary N) is 1. The molecule has 0 amide bonds. The lowest BCUT2D eigenvalue weighted by Gasteiger charge is -2.11. The Hall–Kier alpha value is -7.30. The van der Waals surface area contributed by atoms with Crippen molar-refractivity contribution in [3.8, 4) is 22.8 Å². The summed E-state index contributed by atoms with van der Waals surface area (Å²) in [7, 11) is 0. The van der Waals surface area contributed by atoms with Gasteiger partial charge in [-0.1, -0.05) is 104 Å². The van der Waals surface area contributed by atoms with Crippen LogP contribution in [0.25, 0.3) is 83.6 Å². The van der Waals surface area contributed by atoms with E-state index in [9.17, 15) is 0 Å². The zero-order valence-electron chi connectivity index (χ0n) is 31.0. The van der Waals surface area contributed by atoms with E-state index in [1.54, 1.807) is 9.03 Å². The van der Waals surface area contributed by atoms with Gasteiger partial charge >= 0.3 is 0 Å². The minimum atomic E-state index is 0.0724. The number of hydrogen-bond donors (Lipinski definition) is 1. The lowest BCUT2D eigenvalue weighted by molar-refractivity contribution is 0.786. The maximum absolute atomic E-state index is 6.55. The molecule has 0 radical (unpaired) electrons. The molecule has 0 bridgehead atoms. The molecule has 0 saturated carbocycles. The van der Waals surface area contributed by atoms with Crippen molar-refractivity contribution in [2.24, 2.45) is 4.99 Å². The van der Waals surface area contributed by atoms with Crippen molar-refractivity contribution in [2.75, 3.05) is 0 Å². The van der Waals surface area contributed by atoms with E-state index < -0.39 is 0 Å². The highest BCUT2D eigenvalue weighted by Gasteiger charge is 2.22. The summed E-state index contributed by atoms with van der Waals surface area (Å²) in [5, 5.41) is 14.1. The first-order valence-electron chi connectivity index (χ1n) is 18.9. The largest absolute Gasteiger partial charge is 0.309 e. The van der Waals surface area contributed by atoms with E-state index in [1.165, 1.54) is 0 Å². The summed E-state index contributed by atoms with van der Waals surface area (Å²) in [5.41, 5.74) is 10.8. The summed E-state index contributed by atoms with van der Waals surface area (Å²) in [6.07, 6.45) is 0.783. The topological polar surface area (TPSA) is 98.4 Å². The van der Waals surface area contributed by atoms with Crippen LogP contribution in [0.2, 0.25) is 5.28 Å². The molecule has 0 aliphatic heterocycles. The average molecular weight is 761 g/mol. The van der Waals surface area contributed by atoms with Gasteiger partial charge in [0, 0.05) is 44.0 Å². The molecule has 57 heavy (non-hydrogen) atoms. The second-order valence-corrected chi connectivity index (χ2v) is 14.4. The summed E-state index contributed by atoms with van der Waals surface area (Å²) < 4.78 is 7.85. The second-order valence-electron chi connectivity index (χ2n) is 14.1. The predicted octanol–water partition coefficient (Wildman–Crippen LogP) is 10.4. The third kappa shape index (κ3) is 5.07. The Morgan fingerprint density at radius 1 is 0.614 bits per heavy atom. The Balaban J connectivity index is 1.15. The molecule has 6 aromatic carbocycles. The minimum Gasteiger partial charge on any atom is -0.309 e. The van der Waals surface area contributed by atoms with Crippen LogP contribution in [0.1, 0.15) is 25.8 Å². The number of benzene rings is 6. The highest BCUT2D eigenvalue weighted by atomic mass is 35.5. The van der Waals surface area contributed by atoms with Crippen LogP contribution in [0.5, 0.6) is 0 Å². The Morgan fingerprint density at radius 2 is 1.19 bits per heavy atom. The number of rotatable bonds is 6. The first kappa shape index (κ1) is 33.1. The van der Waals surface area contributed by atoms with Gasteiger partial charge in [-0.3, -0.25) is 4.98 Å². The van der Waals surface area contributed by atoms with Crippen LogP contribution in [0.4, 0.5) is 0 Å². The number of nitrogens with zero attached hydrogens (tertiary/aromatic N) is 9. The van der Waals surface area contributed by atoms with E-state index >= 15 is 0 Å². The van der Waals surface area contributed by atoms with Gasteiger partial charge in [-0.2, -0.15) is 19.0 Å². The monoisotopic (exact) mass is 760 g/mol. The van der Waals surface area contributed by atoms with Crippen LogP contribution in [-0.4, -0.2) is 43.3 Å². The fourth-order valence-electron chi connectivity index (χ4n) is 8.23. The Kier molecular flexibility index (Phi) is 7.48. The third-order valence-electron chi connectivity index (χ3n) is 10.9. The predicted molar refractivity (Wildman–Crippen MR) is 228 cm³/mol. The molecule has 5 heterocycles. The fraction of sp³-hybridized carbons (Fsp3) is 0.0652. The molecule has 10 nitrogen and oxygen atoms in total. The summed E-state index contributed by atoms with van der Waals surface area (Å²) in [4.78, 5) is 18.5. The molecule has 0 aliphatic rings. The highest BCUT2D eigenvalue weighted by Crippen LogP contribution is 2.39. The maximum Gasteiger partial charge on any atom is 0.261 e. The summed E-state index contributed by atoms with van der Waals surface area (Å²) in [5.74, 6) is 1.37. The molecule has 11 rings (SSSR count). The Bertz CT molecular complexity index is 3470. The Labute approximate surface area is 330 Å². The van der Waals surface area contributed by atoms with Crippen molar-refractivity contribution in [2.45, 2.75) is 20.3 Å². The SMILES string of the molecule is CC/C(C)=C(/N=c1[nH]c2nc(-c3cccc4c3c3ccccc3n4-c3ccccc3)nn2c2nc(Cl)nn12)c1cccc2c1c1ccccc1n2-c1ccccc1. The van der Waals surface area contributed by atoms with Gasteiger partial charge in [-0.05, 0) is 79.0 Å². The van der Waals surface area contributed by atoms with Crippen molar-refractivity contribution in [1.29, 1.82) is 0 Å². The molecule has 0 spiro atoms. The minimum absolute atomic E-state index is 0.0724. The zero-order chi connectivity index (χ0) is 38.2. The normalized spacial score (nSPS) is 12.9. The molecule has 0 saturated heterocycles. The van der Waals surface area contributed by atoms with Crippen LogP contribution >= 0.6 is 11.6 Å². The van der Waals surface area contributed by atoms with E-state index in [0.717, 1.165) is 83.8 Å². The Morgan fingerprint density at radius 3 is 1.86 bits per heavy atom. The lowest BCUT2D eigenvalue weighted by Crippen LogP contribution is -2.22. The molecule has 0 unspecified atom stereocenters. The van der Waals surface area contributed by atoms with Crippen LogP contribution in [0.15, 0.2) is 156 Å². The lowest BCUT2D eigenvalue weighted by atomic mass is 10.00. The van der Waals surface area contributed by atoms with E-state index in [-0.39, 0.29) is 5.28 Å². The molecule has 1 N–H and O–H groups in total. The van der Waals surface area contributed by atoms with Crippen molar-refractivity contribution >= 4 is 72.5 Å². The van der Waals surface area contributed by atoms with Gasteiger partial charge in [0.2, 0.25) is 16.7 Å². The summed E-state index contributed by atoms with van der Waals surface area (Å²) >= 11 is 6.55. The van der Waals surface area contributed by atoms with Gasteiger partial charge in [-0.25, -0.2) is 4.99 Å². The van der Waals surface area contributed by atoms with Crippen LogP contribution in [0.3, 0.4) is 0 Å². The summed E-state index contributed by atoms with van der Waals surface area (Å²) in [6, 6.07) is 50.5. The van der Waals surface area contributed by atoms with Crippen molar-refractivity contribution < 1.29 is 0 Å². The number of halogens is 1. The first-order valence-corrected chi connectivity index (χ1v) is 19.3. The maximum atomic E-state index is 6.55.